The van der Waals surface area contributed by atoms with Crippen molar-refractivity contribution in [2.45, 2.75) is 46.1 Å². The zero-order valence-electron chi connectivity index (χ0n) is 9.34. The van der Waals surface area contributed by atoms with Crippen LogP contribution in [0.25, 0.3) is 0 Å². The predicted molar refractivity (Wildman–Crippen MR) is 57.7 cm³/mol. The van der Waals surface area contributed by atoms with Gasteiger partial charge < -0.3 is 5.73 Å². The lowest BCUT2D eigenvalue weighted by Crippen LogP contribution is -2.50. The summed E-state index contributed by atoms with van der Waals surface area (Å²) in [5, 5.41) is 0. The Morgan fingerprint density at radius 2 is 1.69 bits per heavy atom. The molecule has 1 unspecified atom stereocenters. The Hall–Kier alpha value is -0.0800. The summed E-state index contributed by atoms with van der Waals surface area (Å²) < 4.78 is 0. The molecule has 0 aromatic rings. The van der Waals surface area contributed by atoms with E-state index in [1.807, 2.05) is 0 Å². The Labute approximate surface area is 82.5 Å². The van der Waals surface area contributed by atoms with Crippen molar-refractivity contribution in [3.05, 3.63) is 0 Å². The van der Waals surface area contributed by atoms with E-state index < -0.39 is 0 Å². The van der Waals surface area contributed by atoms with Crippen LogP contribution in [-0.4, -0.2) is 30.6 Å². The summed E-state index contributed by atoms with van der Waals surface area (Å²) in [6.45, 7) is 10.2. The summed E-state index contributed by atoms with van der Waals surface area (Å²) in [5.41, 5.74) is 6.17. The van der Waals surface area contributed by atoms with E-state index in [0.29, 0.717) is 11.5 Å². The maximum atomic E-state index is 5.85. The Morgan fingerprint density at radius 1 is 1.15 bits per heavy atom. The number of nitrogens with two attached hydrogens (primary N) is 1. The van der Waals surface area contributed by atoms with Crippen LogP contribution in [0.2, 0.25) is 0 Å². The summed E-state index contributed by atoms with van der Waals surface area (Å²) in [6.07, 6.45) is 4.11. The number of nitrogens with zero attached hydrogens (tertiary/aromatic N) is 1. The normalized spacial score (nSPS) is 23.1. The minimum Gasteiger partial charge on any atom is -0.329 e. The number of likely N-dealkylation sites (tertiary alicyclic amines) is 1. The third-order valence-corrected chi connectivity index (χ3v) is 3.05. The van der Waals surface area contributed by atoms with Crippen LogP contribution in [0, 0.1) is 5.41 Å². The Balaban J connectivity index is 2.54. The molecule has 1 saturated heterocycles. The van der Waals surface area contributed by atoms with Gasteiger partial charge in [-0.1, -0.05) is 27.2 Å². The third-order valence-electron chi connectivity index (χ3n) is 3.05. The van der Waals surface area contributed by atoms with Crippen LogP contribution in [0.1, 0.15) is 40.0 Å². The van der Waals surface area contributed by atoms with Gasteiger partial charge in [0.05, 0.1) is 0 Å². The van der Waals surface area contributed by atoms with Crippen LogP contribution in [0.4, 0.5) is 0 Å². The van der Waals surface area contributed by atoms with Crippen LogP contribution < -0.4 is 5.73 Å². The molecule has 13 heavy (non-hydrogen) atoms. The highest BCUT2D eigenvalue weighted by Crippen LogP contribution is 2.25. The van der Waals surface area contributed by atoms with Crippen LogP contribution in [0.5, 0.6) is 0 Å². The van der Waals surface area contributed by atoms with Crippen molar-refractivity contribution in [1.29, 1.82) is 0 Å². The molecule has 0 radical (unpaired) electrons. The summed E-state index contributed by atoms with van der Waals surface area (Å²) >= 11 is 0. The first-order valence-corrected chi connectivity index (χ1v) is 5.50. The molecule has 0 aromatic carbocycles. The fraction of sp³-hybridized carbons (Fsp3) is 1.00. The molecule has 2 heteroatoms. The van der Waals surface area contributed by atoms with E-state index in [0.717, 1.165) is 6.54 Å². The topological polar surface area (TPSA) is 29.3 Å². The zero-order chi connectivity index (χ0) is 9.90. The molecular weight excluding hydrogens is 160 g/mol. The molecular formula is C11H24N2. The second-order valence-corrected chi connectivity index (χ2v) is 5.21. The Bertz CT molecular complexity index is 143. The molecule has 0 amide bonds. The van der Waals surface area contributed by atoms with E-state index in [4.69, 9.17) is 5.73 Å². The predicted octanol–water partition coefficient (Wildman–Crippen LogP) is 1.85. The fourth-order valence-electron chi connectivity index (χ4n) is 2.28. The van der Waals surface area contributed by atoms with Gasteiger partial charge in [0.1, 0.15) is 0 Å². The zero-order valence-corrected chi connectivity index (χ0v) is 9.34. The molecule has 1 heterocycles. The summed E-state index contributed by atoms with van der Waals surface area (Å²) in [6, 6.07) is 0.563. The van der Waals surface area contributed by atoms with Gasteiger partial charge in [-0.15, -0.1) is 0 Å². The van der Waals surface area contributed by atoms with Gasteiger partial charge in [-0.25, -0.2) is 0 Å². The molecule has 0 saturated carbocycles. The summed E-state index contributed by atoms with van der Waals surface area (Å²) in [5.74, 6) is 0. The lowest BCUT2D eigenvalue weighted by molar-refractivity contribution is 0.0858. The average Bonchev–Trinajstić information content (AvgIpc) is 2.05. The minimum atomic E-state index is 0.325. The van der Waals surface area contributed by atoms with Crippen molar-refractivity contribution in [1.82, 2.24) is 4.90 Å². The lowest BCUT2D eigenvalue weighted by atomic mass is 9.85. The number of piperidine rings is 1. The highest BCUT2D eigenvalue weighted by atomic mass is 15.2. The molecule has 0 aliphatic carbocycles. The molecule has 1 aliphatic rings. The monoisotopic (exact) mass is 184 g/mol. The van der Waals surface area contributed by atoms with E-state index in [-0.39, 0.29) is 0 Å². The van der Waals surface area contributed by atoms with Crippen LogP contribution in [0.15, 0.2) is 0 Å². The molecule has 1 rings (SSSR count). The molecule has 2 N–H and O–H groups in total. The van der Waals surface area contributed by atoms with E-state index >= 15 is 0 Å². The van der Waals surface area contributed by atoms with Crippen LogP contribution >= 0.6 is 0 Å². The molecule has 1 fully saturated rings. The summed E-state index contributed by atoms with van der Waals surface area (Å²) in [7, 11) is 0. The van der Waals surface area contributed by atoms with Gasteiger partial charge in [-0.3, -0.25) is 4.90 Å². The first kappa shape index (κ1) is 11.0. The molecule has 0 spiro atoms. The molecule has 78 valence electrons. The van der Waals surface area contributed by atoms with Crippen molar-refractivity contribution in [3.63, 3.8) is 0 Å². The number of hydrogen-bond donors (Lipinski definition) is 1. The van der Waals surface area contributed by atoms with Gasteiger partial charge in [0.25, 0.3) is 0 Å². The van der Waals surface area contributed by atoms with Gasteiger partial charge in [-0.05, 0) is 31.3 Å². The van der Waals surface area contributed by atoms with Crippen molar-refractivity contribution in [2.24, 2.45) is 11.1 Å². The van der Waals surface area contributed by atoms with Gasteiger partial charge in [0.2, 0.25) is 0 Å². The average molecular weight is 184 g/mol. The molecule has 2 nitrogen and oxygen atoms in total. The van der Waals surface area contributed by atoms with Gasteiger partial charge in [-0.2, -0.15) is 0 Å². The molecule has 0 aromatic heterocycles. The molecule has 1 aliphatic heterocycles. The first-order chi connectivity index (χ1) is 6.05. The smallest absolute Gasteiger partial charge is 0.0266 e. The Kier molecular flexibility index (Phi) is 3.74. The largest absolute Gasteiger partial charge is 0.329 e. The van der Waals surface area contributed by atoms with Crippen molar-refractivity contribution in [2.75, 3.05) is 19.6 Å². The van der Waals surface area contributed by atoms with E-state index in [9.17, 15) is 0 Å². The number of hydrogen-bond acceptors (Lipinski definition) is 2. The summed E-state index contributed by atoms with van der Waals surface area (Å²) in [4.78, 5) is 2.57. The SMILES string of the molecule is CC(C)(C)C(CN)N1CCCCC1. The maximum Gasteiger partial charge on any atom is 0.0266 e. The van der Waals surface area contributed by atoms with E-state index in [2.05, 4.69) is 25.7 Å². The fourth-order valence-corrected chi connectivity index (χ4v) is 2.28. The van der Waals surface area contributed by atoms with Crippen molar-refractivity contribution < 1.29 is 0 Å². The van der Waals surface area contributed by atoms with E-state index in [1.54, 1.807) is 0 Å². The maximum absolute atomic E-state index is 5.85. The van der Waals surface area contributed by atoms with Gasteiger partial charge >= 0.3 is 0 Å². The Morgan fingerprint density at radius 3 is 2.08 bits per heavy atom. The standard InChI is InChI=1S/C11H24N2/c1-11(2,3)10(9-12)13-7-5-4-6-8-13/h10H,4-9,12H2,1-3H3. The van der Waals surface area contributed by atoms with Gasteiger partial charge in [0.15, 0.2) is 0 Å². The highest BCUT2D eigenvalue weighted by Gasteiger charge is 2.29. The lowest BCUT2D eigenvalue weighted by Gasteiger charge is -2.41. The number of rotatable bonds is 2. The van der Waals surface area contributed by atoms with Crippen molar-refractivity contribution in [3.8, 4) is 0 Å². The first-order valence-electron chi connectivity index (χ1n) is 5.50. The second kappa shape index (κ2) is 4.43. The highest BCUT2D eigenvalue weighted by molar-refractivity contribution is 4.85. The third kappa shape index (κ3) is 2.96. The second-order valence-electron chi connectivity index (χ2n) is 5.21. The molecule has 0 bridgehead atoms. The van der Waals surface area contributed by atoms with Crippen molar-refractivity contribution >= 4 is 0 Å². The van der Waals surface area contributed by atoms with E-state index in [1.165, 1.54) is 32.4 Å². The van der Waals surface area contributed by atoms with Gasteiger partial charge in [0, 0.05) is 12.6 Å². The minimum absolute atomic E-state index is 0.325. The molecule has 1 atom stereocenters. The van der Waals surface area contributed by atoms with Crippen LogP contribution in [0.3, 0.4) is 0 Å². The van der Waals surface area contributed by atoms with Crippen LogP contribution in [-0.2, 0) is 0 Å². The quantitative estimate of drug-likeness (QED) is 0.709.